The first-order chi connectivity index (χ1) is 8.45. The van der Waals surface area contributed by atoms with Crippen molar-refractivity contribution in [3.8, 4) is 0 Å². The molecule has 1 rings (SSSR count). The summed E-state index contributed by atoms with van der Waals surface area (Å²) in [4.78, 5) is 11.4. The van der Waals surface area contributed by atoms with Gasteiger partial charge in [-0.15, -0.1) is 0 Å². The monoisotopic (exact) mass is 270 g/mol. The van der Waals surface area contributed by atoms with E-state index < -0.39 is 10.0 Å². The van der Waals surface area contributed by atoms with Gasteiger partial charge in [0, 0.05) is 19.5 Å². The molecular weight excluding hydrogens is 252 g/mol. The molecule has 100 valence electrons. The fraction of sp³-hybridized carbons (Fsp3) is 0.417. The maximum atomic E-state index is 11.8. The first-order valence-corrected chi connectivity index (χ1v) is 7.27. The second kappa shape index (κ2) is 6.51. The van der Waals surface area contributed by atoms with Crippen LogP contribution in [0.2, 0.25) is 0 Å². The summed E-state index contributed by atoms with van der Waals surface area (Å²) in [7, 11) is -3.52. The highest BCUT2D eigenvalue weighted by Gasteiger charge is 2.13. The highest BCUT2D eigenvalue weighted by atomic mass is 32.2. The van der Waals surface area contributed by atoms with Gasteiger partial charge in [0.1, 0.15) is 0 Å². The summed E-state index contributed by atoms with van der Waals surface area (Å²) in [6, 6.07) is 6.56. The topological polar surface area (TPSA) is 75.3 Å². The summed E-state index contributed by atoms with van der Waals surface area (Å²) in [5.74, 6) is -0.163. The van der Waals surface area contributed by atoms with Crippen molar-refractivity contribution in [3.05, 3.63) is 29.8 Å². The van der Waals surface area contributed by atoms with Crippen molar-refractivity contribution in [3.63, 3.8) is 0 Å². The van der Waals surface area contributed by atoms with E-state index in [1.807, 2.05) is 13.8 Å². The van der Waals surface area contributed by atoms with E-state index in [2.05, 4.69) is 10.0 Å². The lowest BCUT2D eigenvalue weighted by Gasteiger charge is -2.07. The van der Waals surface area contributed by atoms with Crippen molar-refractivity contribution >= 4 is 15.9 Å². The van der Waals surface area contributed by atoms with Crippen LogP contribution in [-0.2, 0) is 14.8 Å². The number of sulfonamides is 1. The van der Waals surface area contributed by atoms with E-state index in [1.54, 1.807) is 24.3 Å². The molecule has 0 bridgehead atoms. The first kappa shape index (κ1) is 14.7. The van der Waals surface area contributed by atoms with Crippen molar-refractivity contribution < 1.29 is 13.2 Å². The summed E-state index contributed by atoms with van der Waals surface area (Å²) in [5, 5.41) is 2.61. The minimum absolute atomic E-state index is 0.0992. The van der Waals surface area contributed by atoms with Crippen LogP contribution < -0.4 is 10.0 Å². The van der Waals surface area contributed by atoms with Crippen LogP contribution in [0.4, 0.5) is 0 Å². The van der Waals surface area contributed by atoms with Gasteiger partial charge in [-0.25, -0.2) is 13.1 Å². The van der Waals surface area contributed by atoms with E-state index in [0.29, 0.717) is 6.54 Å². The maximum absolute atomic E-state index is 11.8. The Hall–Kier alpha value is -1.40. The van der Waals surface area contributed by atoms with Crippen LogP contribution in [0.3, 0.4) is 0 Å². The number of hydrogen-bond donors (Lipinski definition) is 2. The molecule has 0 atom stereocenters. The van der Waals surface area contributed by atoms with Gasteiger partial charge in [0.25, 0.3) is 0 Å². The summed E-state index contributed by atoms with van der Waals surface area (Å²) in [6.45, 7) is 4.35. The van der Waals surface area contributed by atoms with E-state index >= 15 is 0 Å². The van der Waals surface area contributed by atoms with Gasteiger partial charge in [0.05, 0.1) is 4.90 Å². The van der Waals surface area contributed by atoms with Crippen molar-refractivity contribution in [2.24, 2.45) is 0 Å². The number of hydrogen-bond acceptors (Lipinski definition) is 3. The second-order valence-electron chi connectivity index (χ2n) is 3.91. The van der Waals surface area contributed by atoms with Crippen LogP contribution in [0.15, 0.2) is 29.2 Å². The van der Waals surface area contributed by atoms with Gasteiger partial charge < -0.3 is 5.32 Å². The zero-order valence-electron chi connectivity index (χ0n) is 10.6. The Bertz CT molecular complexity index is 495. The van der Waals surface area contributed by atoms with E-state index in [9.17, 15) is 13.2 Å². The SMILES string of the molecule is CCNC(=O)CCNS(=O)(=O)c1ccc(C)cc1. The Labute approximate surface area is 108 Å². The molecular formula is C12H18N2O3S. The molecule has 5 nitrogen and oxygen atoms in total. The zero-order valence-corrected chi connectivity index (χ0v) is 11.4. The Morgan fingerprint density at radius 3 is 2.39 bits per heavy atom. The number of carbonyl (C=O) groups excluding carboxylic acids is 1. The van der Waals surface area contributed by atoms with Gasteiger partial charge in [-0.3, -0.25) is 4.79 Å². The lowest BCUT2D eigenvalue weighted by Crippen LogP contribution is -2.30. The number of nitrogens with one attached hydrogen (secondary N) is 2. The molecule has 0 aliphatic heterocycles. The summed E-state index contributed by atoms with van der Waals surface area (Å²) in [5.41, 5.74) is 0.997. The first-order valence-electron chi connectivity index (χ1n) is 5.78. The lowest BCUT2D eigenvalue weighted by molar-refractivity contribution is -0.120. The molecule has 1 aromatic rings. The van der Waals surface area contributed by atoms with E-state index in [4.69, 9.17) is 0 Å². The molecule has 0 heterocycles. The van der Waals surface area contributed by atoms with E-state index in [0.717, 1.165) is 5.56 Å². The molecule has 18 heavy (non-hydrogen) atoms. The Balaban J connectivity index is 2.55. The molecule has 0 aromatic heterocycles. The number of carbonyl (C=O) groups is 1. The predicted molar refractivity (Wildman–Crippen MR) is 69.7 cm³/mol. The molecule has 1 aromatic carbocycles. The van der Waals surface area contributed by atoms with E-state index in [1.165, 1.54) is 0 Å². The molecule has 0 fully saturated rings. The van der Waals surface area contributed by atoms with Crippen molar-refractivity contribution in [2.75, 3.05) is 13.1 Å². The van der Waals surface area contributed by atoms with Gasteiger partial charge in [-0.05, 0) is 26.0 Å². The Kier molecular flexibility index (Phi) is 5.30. The molecule has 1 amide bonds. The second-order valence-corrected chi connectivity index (χ2v) is 5.68. The highest BCUT2D eigenvalue weighted by molar-refractivity contribution is 7.89. The third-order valence-corrected chi connectivity index (χ3v) is 3.83. The van der Waals surface area contributed by atoms with Gasteiger partial charge in [-0.2, -0.15) is 0 Å². The van der Waals surface area contributed by atoms with Crippen molar-refractivity contribution in [1.29, 1.82) is 0 Å². The van der Waals surface area contributed by atoms with Crippen LogP contribution in [0.25, 0.3) is 0 Å². The summed E-state index contributed by atoms with van der Waals surface area (Å²) in [6.07, 6.45) is 0.138. The van der Waals surface area contributed by atoms with Crippen LogP contribution >= 0.6 is 0 Å². The molecule has 0 unspecified atom stereocenters. The molecule has 0 saturated heterocycles. The lowest BCUT2D eigenvalue weighted by atomic mass is 10.2. The fourth-order valence-electron chi connectivity index (χ4n) is 1.39. The number of aryl methyl sites for hydroxylation is 1. The third kappa shape index (κ3) is 4.46. The average molecular weight is 270 g/mol. The molecule has 0 aliphatic carbocycles. The van der Waals surface area contributed by atoms with Crippen molar-refractivity contribution in [1.82, 2.24) is 10.0 Å². The minimum Gasteiger partial charge on any atom is -0.356 e. The molecule has 2 N–H and O–H groups in total. The van der Waals surface area contributed by atoms with Gasteiger partial charge in [-0.1, -0.05) is 17.7 Å². The van der Waals surface area contributed by atoms with Crippen LogP contribution in [0.1, 0.15) is 18.9 Å². The molecule has 0 saturated carbocycles. The molecule has 0 radical (unpaired) electrons. The van der Waals surface area contributed by atoms with Crippen LogP contribution in [-0.4, -0.2) is 27.4 Å². The third-order valence-electron chi connectivity index (χ3n) is 2.35. The molecule has 6 heteroatoms. The van der Waals surface area contributed by atoms with Crippen LogP contribution in [0.5, 0.6) is 0 Å². The highest BCUT2D eigenvalue weighted by Crippen LogP contribution is 2.09. The quantitative estimate of drug-likeness (QED) is 0.803. The zero-order chi connectivity index (χ0) is 13.6. The fourth-order valence-corrected chi connectivity index (χ4v) is 2.42. The largest absolute Gasteiger partial charge is 0.356 e. The minimum atomic E-state index is -3.52. The van der Waals surface area contributed by atoms with Gasteiger partial charge in [0.15, 0.2) is 0 Å². The predicted octanol–water partition coefficient (Wildman–Crippen LogP) is 0.800. The van der Waals surface area contributed by atoms with E-state index in [-0.39, 0.29) is 23.8 Å². The Morgan fingerprint density at radius 2 is 1.83 bits per heavy atom. The number of benzene rings is 1. The van der Waals surface area contributed by atoms with Crippen molar-refractivity contribution in [2.45, 2.75) is 25.2 Å². The Morgan fingerprint density at radius 1 is 1.22 bits per heavy atom. The number of rotatable bonds is 6. The maximum Gasteiger partial charge on any atom is 0.240 e. The summed E-state index contributed by atoms with van der Waals surface area (Å²) < 4.78 is 26.1. The van der Waals surface area contributed by atoms with Crippen LogP contribution in [0, 0.1) is 6.92 Å². The molecule has 0 spiro atoms. The molecule has 0 aliphatic rings. The number of amides is 1. The van der Waals surface area contributed by atoms with Gasteiger partial charge in [0.2, 0.25) is 15.9 Å². The van der Waals surface area contributed by atoms with Gasteiger partial charge >= 0.3 is 0 Å². The summed E-state index contributed by atoms with van der Waals surface area (Å²) >= 11 is 0. The average Bonchev–Trinajstić information content (AvgIpc) is 2.29. The normalized spacial score (nSPS) is 11.2. The standard InChI is InChI=1S/C12H18N2O3S/c1-3-13-12(15)8-9-14-18(16,17)11-6-4-10(2)5-7-11/h4-7,14H,3,8-9H2,1-2H3,(H,13,15). The smallest absolute Gasteiger partial charge is 0.240 e.